The molecule has 0 bridgehead atoms. The zero-order valence-electron chi connectivity index (χ0n) is 10.4. The first-order valence-corrected chi connectivity index (χ1v) is 6.34. The van der Waals surface area contributed by atoms with Crippen molar-refractivity contribution < 1.29 is 9.84 Å². The van der Waals surface area contributed by atoms with Gasteiger partial charge in [-0.25, -0.2) is 0 Å². The Morgan fingerprint density at radius 3 is 3.00 bits per heavy atom. The summed E-state index contributed by atoms with van der Waals surface area (Å²) in [5.74, 6) is 0. The SMILES string of the molecule is CNC(C)(CO)CN1CCOC2CCCC21. The van der Waals surface area contributed by atoms with Crippen molar-refractivity contribution in [1.82, 2.24) is 10.2 Å². The summed E-state index contributed by atoms with van der Waals surface area (Å²) in [5, 5.41) is 12.7. The number of fused-ring (bicyclic) bond motifs is 1. The van der Waals surface area contributed by atoms with Crippen LogP contribution in [0, 0.1) is 0 Å². The summed E-state index contributed by atoms with van der Waals surface area (Å²) in [6, 6.07) is 0.577. The Morgan fingerprint density at radius 2 is 2.31 bits per heavy atom. The molecular formula is C12H24N2O2. The number of nitrogens with zero attached hydrogens (tertiary/aromatic N) is 1. The lowest BCUT2D eigenvalue weighted by Gasteiger charge is -2.42. The minimum atomic E-state index is -0.190. The Labute approximate surface area is 98.0 Å². The Hall–Kier alpha value is -0.160. The number of hydrogen-bond donors (Lipinski definition) is 2. The van der Waals surface area contributed by atoms with Crippen molar-refractivity contribution in [2.45, 2.75) is 43.9 Å². The molecule has 1 aliphatic carbocycles. The number of aliphatic hydroxyl groups excluding tert-OH is 1. The van der Waals surface area contributed by atoms with Crippen LogP contribution in [0.3, 0.4) is 0 Å². The maximum absolute atomic E-state index is 9.44. The molecule has 2 rings (SSSR count). The van der Waals surface area contributed by atoms with Crippen LogP contribution in [0.4, 0.5) is 0 Å². The van der Waals surface area contributed by atoms with E-state index < -0.39 is 0 Å². The van der Waals surface area contributed by atoms with Crippen molar-refractivity contribution in [3.63, 3.8) is 0 Å². The van der Waals surface area contributed by atoms with Gasteiger partial charge < -0.3 is 15.2 Å². The van der Waals surface area contributed by atoms with E-state index in [2.05, 4.69) is 17.1 Å². The van der Waals surface area contributed by atoms with Crippen LogP contribution in [-0.4, -0.2) is 61.0 Å². The molecule has 1 heterocycles. The second-order valence-corrected chi connectivity index (χ2v) is 5.35. The maximum Gasteiger partial charge on any atom is 0.0730 e. The molecule has 3 atom stereocenters. The molecule has 4 heteroatoms. The van der Waals surface area contributed by atoms with E-state index in [1.54, 1.807) is 0 Å². The molecule has 1 aliphatic heterocycles. The minimum Gasteiger partial charge on any atom is -0.394 e. The molecule has 2 aliphatic rings. The molecule has 2 N–H and O–H groups in total. The fourth-order valence-electron chi connectivity index (χ4n) is 2.86. The molecule has 16 heavy (non-hydrogen) atoms. The predicted octanol–water partition coefficient (Wildman–Crippen LogP) is 0.210. The van der Waals surface area contributed by atoms with Crippen LogP contribution >= 0.6 is 0 Å². The van der Waals surface area contributed by atoms with Gasteiger partial charge in [0.2, 0.25) is 0 Å². The van der Waals surface area contributed by atoms with Gasteiger partial charge in [0.05, 0.1) is 24.9 Å². The van der Waals surface area contributed by atoms with Gasteiger partial charge in [-0.15, -0.1) is 0 Å². The van der Waals surface area contributed by atoms with Gasteiger partial charge in [-0.1, -0.05) is 0 Å². The molecule has 0 radical (unpaired) electrons. The molecule has 0 aromatic carbocycles. The van der Waals surface area contributed by atoms with Gasteiger partial charge >= 0.3 is 0 Å². The zero-order chi connectivity index (χ0) is 11.6. The first-order valence-electron chi connectivity index (χ1n) is 6.34. The van der Waals surface area contributed by atoms with Gasteiger partial charge in [0.15, 0.2) is 0 Å². The van der Waals surface area contributed by atoms with Crippen molar-refractivity contribution in [3.8, 4) is 0 Å². The molecule has 4 nitrogen and oxygen atoms in total. The maximum atomic E-state index is 9.44. The number of ether oxygens (including phenoxy) is 1. The van der Waals surface area contributed by atoms with Crippen LogP contribution in [0.1, 0.15) is 26.2 Å². The smallest absolute Gasteiger partial charge is 0.0730 e. The summed E-state index contributed by atoms with van der Waals surface area (Å²) in [6.45, 7) is 5.00. The lowest BCUT2D eigenvalue weighted by atomic mass is 10.0. The van der Waals surface area contributed by atoms with E-state index in [4.69, 9.17) is 4.74 Å². The zero-order valence-corrected chi connectivity index (χ0v) is 10.4. The molecule has 0 aromatic rings. The summed E-state index contributed by atoms with van der Waals surface area (Å²) < 4.78 is 5.79. The third-order valence-corrected chi connectivity index (χ3v) is 4.10. The molecule has 2 fully saturated rings. The lowest BCUT2D eigenvalue weighted by molar-refractivity contribution is -0.0656. The van der Waals surface area contributed by atoms with Gasteiger partial charge in [0.25, 0.3) is 0 Å². The molecule has 0 spiro atoms. The lowest BCUT2D eigenvalue weighted by Crippen LogP contribution is -2.58. The van der Waals surface area contributed by atoms with Crippen molar-refractivity contribution in [2.24, 2.45) is 0 Å². The molecule has 3 unspecified atom stereocenters. The summed E-state index contributed by atoms with van der Waals surface area (Å²) in [5.41, 5.74) is -0.190. The van der Waals surface area contributed by atoms with Gasteiger partial charge in [0, 0.05) is 19.1 Å². The van der Waals surface area contributed by atoms with Crippen LogP contribution < -0.4 is 5.32 Å². The average Bonchev–Trinajstić information content (AvgIpc) is 2.78. The monoisotopic (exact) mass is 228 g/mol. The average molecular weight is 228 g/mol. The third-order valence-electron chi connectivity index (χ3n) is 4.10. The van der Waals surface area contributed by atoms with Crippen molar-refractivity contribution in [1.29, 1.82) is 0 Å². The van der Waals surface area contributed by atoms with E-state index in [0.717, 1.165) is 19.7 Å². The van der Waals surface area contributed by atoms with E-state index in [9.17, 15) is 5.11 Å². The number of hydrogen-bond acceptors (Lipinski definition) is 4. The van der Waals surface area contributed by atoms with Gasteiger partial charge in [0.1, 0.15) is 0 Å². The van der Waals surface area contributed by atoms with E-state index in [1.807, 2.05) is 7.05 Å². The van der Waals surface area contributed by atoms with Crippen LogP contribution in [0.15, 0.2) is 0 Å². The molecule has 0 aromatic heterocycles. The van der Waals surface area contributed by atoms with E-state index >= 15 is 0 Å². The topological polar surface area (TPSA) is 44.7 Å². The number of aliphatic hydroxyl groups is 1. The molecule has 0 amide bonds. The highest BCUT2D eigenvalue weighted by atomic mass is 16.5. The summed E-state index contributed by atoms with van der Waals surface area (Å²) in [4.78, 5) is 2.49. The quantitative estimate of drug-likeness (QED) is 0.722. The van der Waals surface area contributed by atoms with Crippen LogP contribution in [0.25, 0.3) is 0 Å². The van der Waals surface area contributed by atoms with Crippen LogP contribution in [0.2, 0.25) is 0 Å². The number of morpholine rings is 1. The highest BCUT2D eigenvalue weighted by Gasteiger charge is 2.38. The third kappa shape index (κ3) is 2.40. The molecular weight excluding hydrogens is 204 g/mol. The molecule has 1 saturated carbocycles. The normalized spacial score (nSPS) is 34.7. The Morgan fingerprint density at radius 1 is 1.50 bits per heavy atom. The van der Waals surface area contributed by atoms with Gasteiger partial charge in [-0.2, -0.15) is 0 Å². The summed E-state index contributed by atoms with van der Waals surface area (Å²) in [6.07, 6.45) is 4.17. The first-order chi connectivity index (χ1) is 7.68. The fourth-order valence-corrected chi connectivity index (χ4v) is 2.86. The summed E-state index contributed by atoms with van der Waals surface area (Å²) in [7, 11) is 1.92. The highest BCUT2D eigenvalue weighted by molar-refractivity contribution is 4.94. The highest BCUT2D eigenvalue weighted by Crippen LogP contribution is 2.30. The van der Waals surface area contributed by atoms with Gasteiger partial charge in [-0.05, 0) is 33.2 Å². The Kier molecular flexibility index (Phi) is 3.85. The fraction of sp³-hybridized carbons (Fsp3) is 1.00. The predicted molar refractivity (Wildman–Crippen MR) is 63.5 cm³/mol. The standard InChI is InChI=1S/C12H24N2O2/c1-12(9-15,13-2)8-14-6-7-16-11-5-3-4-10(11)14/h10-11,13,15H,3-9H2,1-2H3. The Balaban J connectivity index is 1.97. The van der Waals surface area contributed by atoms with Crippen molar-refractivity contribution in [3.05, 3.63) is 0 Å². The van der Waals surface area contributed by atoms with Crippen molar-refractivity contribution in [2.75, 3.05) is 33.4 Å². The number of nitrogens with one attached hydrogen (secondary N) is 1. The minimum absolute atomic E-state index is 0.179. The second kappa shape index (κ2) is 5.00. The molecule has 1 saturated heterocycles. The van der Waals surface area contributed by atoms with E-state index in [1.165, 1.54) is 19.3 Å². The molecule has 94 valence electrons. The van der Waals surface area contributed by atoms with Crippen LogP contribution in [0.5, 0.6) is 0 Å². The second-order valence-electron chi connectivity index (χ2n) is 5.35. The van der Waals surface area contributed by atoms with E-state index in [0.29, 0.717) is 12.1 Å². The first kappa shape index (κ1) is 12.3. The number of rotatable bonds is 4. The Bertz CT molecular complexity index is 231. The van der Waals surface area contributed by atoms with Gasteiger partial charge in [-0.3, -0.25) is 4.90 Å². The largest absolute Gasteiger partial charge is 0.394 e. The van der Waals surface area contributed by atoms with Crippen LogP contribution in [-0.2, 0) is 4.74 Å². The van der Waals surface area contributed by atoms with E-state index in [-0.39, 0.29) is 12.1 Å². The summed E-state index contributed by atoms with van der Waals surface area (Å²) >= 11 is 0. The number of likely N-dealkylation sites (N-methyl/N-ethyl adjacent to an activating group) is 1. The van der Waals surface area contributed by atoms with Crippen molar-refractivity contribution >= 4 is 0 Å².